The van der Waals surface area contributed by atoms with Crippen molar-refractivity contribution in [3.8, 4) is 11.5 Å². The maximum atomic E-state index is 13.4. The third-order valence-electron chi connectivity index (χ3n) is 8.40. The van der Waals surface area contributed by atoms with Gasteiger partial charge in [0.25, 0.3) is 23.6 Å². The highest BCUT2D eigenvalue weighted by atomic mass is 35.5. The predicted octanol–water partition coefficient (Wildman–Crippen LogP) is 0.779. The first-order valence-electron chi connectivity index (χ1n) is 15.2. The second-order valence-corrected chi connectivity index (χ2v) is 16.1. The molecular weight excluding hydrogens is 784 g/mol. The highest BCUT2D eigenvalue weighted by molar-refractivity contribution is 7.84. The fourth-order valence-corrected chi connectivity index (χ4v) is 8.20. The fraction of sp³-hybridized carbons (Fsp3) is 0.379. The minimum atomic E-state index is -5.20. The van der Waals surface area contributed by atoms with Crippen molar-refractivity contribution in [2.24, 2.45) is 5.16 Å². The van der Waals surface area contributed by atoms with E-state index in [4.69, 9.17) is 22.2 Å². The normalized spacial score (nSPS) is 20.5. The quantitative estimate of drug-likeness (QED) is 0.0437. The van der Waals surface area contributed by atoms with Crippen LogP contribution >= 0.6 is 34.3 Å². The molecule has 0 bridgehead atoms. The second-order valence-electron chi connectivity index (χ2n) is 12.5. The zero-order valence-electron chi connectivity index (χ0n) is 27.8. The summed E-state index contributed by atoms with van der Waals surface area (Å²) in [5.74, 6) is -6.43. The summed E-state index contributed by atoms with van der Waals surface area (Å²) in [6.07, 6.45) is 1.74. The van der Waals surface area contributed by atoms with E-state index in [1.165, 1.54) is 29.5 Å². The molecule has 53 heavy (non-hydrogen) atoms. The van der Waals surface area contributed by atoms with Crippen LogP contribution in [0, 0.1) is 0 Å². The van der Waals surface area contributed by atoms with Crippen molar-refractivity contribution in [1.82, 2.24) is 29.8 Å². The molecule has 24 heteroatoms. The molecule has 8 N–H and O–H groups in total. The highest BCUT2D eigenvalue weighted by Gasteiger charge is 2.63. The first kappa shape index (κ1) is 39.1. The Bertz CT molecular complexity index is 2160. The molecule has 284 valence electrons. The van der Waals surface area contributed by atoms with Crippen LogP contribution in [0.4, 0.5) is 5.13 Å². The van der Waals surface area contributed by atoms with Crippen molar-refractivity contribution in [3.05, 3.63) is 49.9 Å². The van der Waals surface area contributed by atoms with Crippen LogP contribution in [0.2, 0.25) is 5.02 Å². The average Bonchev–Trinajstić information content (AvgIpc) is 3.86. The predicted molar refractivity (Wildman–Crippen MR) is 187 cm³/mol. The number of likely N-dealkylation sites (tertiary alicyclic amines) is 1. The molecule has 2 aliphatic heterocycles. The van der Waals surface area contributed by atoms with E-state index >= 15 is 0 Å². The van der Waals surface area contributed by atoms with E-state index < -0.39 is 80.8 Å². The van der Waals surface area contributed by atoms with Crippen molar-refractivity contribution in [2.75, 3.05) is 25.4 Å². The minimum absolute atomic E-state index is 0.00734. The number of nitrogen functional groups attached to an aromatic ring is 1. The van der Waals surface area contributed by atoms with Gasteiger partial charge in [-0.2, -0.15) is 8.42 Å². The number of aromatic hydroxyl groups is 2. The number of phenols is 2. The summed E-state index contributed by atoms with van der Waals surface area (Å²) in [5, 5.41) is 38.9. The summed E-state index contributed by atoms with van der Waals surface area (Å²) < 4.78 is 34.4. The molecule has 0 unspecified atom stereocenters. The minimum Gasteiger partial charge on any atom is -0.504 e. The first-order chi connectivity index (χ1) is 24.7. The summed E-state index contributed by atoms with van der Waals surface area (Å²) in [5.41, 5.74) is 1.04. The van der Waals surface area contributed by atoms with Crippen LogP contribution in [-0.4, -0.2) is 120 Å². The summed E-state index contributed by atoms with van der Waals surface area (Å²) >= 11 is 7.96. The lowest BCUT2D eigenvalue weighted by Crippen LogP contribution is -2.81. The van der Waals surface area contributed by atoms with E-state index in [9.17, 15) is 52.3 Å². The number of amides is 4. The number of benzene rings is 1. The third-order valence-corrected chi connectivity index (χ3v) is 11.7. The largest absolute Gasteiger partial charge is 0.504 e. The monoisotopic (exact) mass is 814 g/mol. The van der Waals surface area contributed by atoms with Gasteiger partial charge >= 0.3 is 16.3 Å². The number of halogens is 1. The van der Waals surface area contributed by atoms with Crippen molar-refractivity contribution in [3.63, 3.8) is 0 Å². The number of thiazole rings is 2. The Balaban J connectivity index is 1.29. The van der Waals surface area contributed by atoms with Gasteiger partial charge in [-0.15, -0.1) is 22.7 Å². The van der Waals surface area contributed by atoms with Gasteiger partial charge in [0.2, 0.25) is 5.60 Å². The molecule has 3 aromatic rings. The molecule has 5 rings (SSSR count). The number of carbonyl (C=O) groups excluding carboxylic acids is 4. The Morgan fingerprint density at radius 1 is 1.25 bits per heavy atom. The van der Waals surface area contributed by atoms with E-state index in [2.05, 4.69) is 25.8 Å². The number of hydrogen-bond donors (Lipinski definition) is 7. The summed E-state index contributed by atoms with van der Waals surface area (Å²) in [6.45, 7) is 3.38. The number of rotatable bonds is 12. The number of nitrogens with two attached hydrogens (primary N) is 1. The molecule has 0 spiro atoms. The van der Waals surface area contributed by atoms with E-state index in [0.29, 0.717) is 18.0 Å². The van der Waals surface area contributed by atoms with E-state index in [1.807, 2.05) is 0 Å². The molecule has 0 saturated carbocycles. The number of aliphatic carboxylic acids is 1. The van der Waals surface area contributed by atoms with Crippen LogP contribution < -0.4 is 16.4 Å². The molecule has 1 aromatic carbocycles. The Morgan fingerprint density at radius 3 is 2.57 bits per heavy atom. The number of aromatic nitrogens is 2. The van der Waals surface area contributed by atoms with Gasteiger partial charge in [0, 0.05) is 30.9 Å². The first-order valence-corrected chi connectivity index (χ1v) is 18.7. The molecule has 20 nitrogen and oxygen atoms in total. The number of β-lactam (4-membered cyclic amide) rings is 1. The summed E-state index contributed by atoms with van der Waals surface area (Å²) in [4.78, 5) is 79.2. The van der Waals surface area contributed by atoms with Crippen LogP contribution in [0.1, 0.15) is 63.8 Å². The molecular formula is C29H31ClN8O12S3. The molecule has 2 aliphatic rings. The zero-order chi connectivity index (χ0) is 39.2. The Morgan fingerprint density at radius 2 is 1.94 bits per heavy atom. The van der Waals surface area contributed by atoms with Gasteiger partial charge in [-0.3, -0.25) is 23.7 Å². The Kier molecular flexibility index (Phi) is 10.6. The van der Waals surface area contributed by atoms with Crippen LogP contribution in [0.3, 0.4) is 0 Å². The highest BCUT2D eigenvalue weighted by Crippen LogP contribution is 2.38. The van der Waals surface area contributed by atoms with Gasteiger partial charge in [-0.05, 0) is 39.3 Å². The van der Waals surface area contributed by atoms with E-state index in [-0.39, 0.29) is 43.1 Å². The summed E-state index contributed by atoms with van der Waals surface area (Å²) in [6, 6.07) is 0.758. The molecule has 4 heterocycles. The van der Waals surface area contributed by atoms with Gasteiger partial charge in [0.05, 0.1) is 21.8 Å². The van der Waals surface area contributed by atoms with Gasteiger partial charge < -0.3 is 41.4 Å². The van der Waals surface area contributed by atoms with E-state index in [1.54, 1.807) is 0 Å². The van der Waals surface area contributed by atoms with Crippen LogP contribution in [0.5, 0.6) is 11.5 Å². The summed E-state index contributed by atoms with van der Waals surface area (Å²) in [7, 11) is -5.20. The number of phenolic OH excluding ortho intramolecular Hbond substituents is 2. The molecule has 4 amide bonds. The number of oxime groups is 1. The van der Waals surface area contributed by atoms with Crippen LogP contribution in [-0.2, 0) is 29.5 Å². The molecule has 2 aromatic heterocycles. The SMILES string of the molecule is CC(C)(O/N=C(\C(=O)N[C@@H]1C(=O)N(S(=O)(=O)O)[C@]1(C)CNC(=O)c1cnc([C@@H]2CCN(C(=O)c3ccc(O)c(O)c3Cl)C2)s1)c1csc(N)n1)C(=O)O. The lowest BCUT2D eigenvalue weighted by molar-refractivity contribution is -0.161. The maximum Gasteiger partial charge on any atom is 0.362 e. The van der Waals surface area contributed by atoms with Crippen LogP contribution in [0.25, 0.3) is 0 Å². The lowest BCUT2D eigenvalue weighted by Gasteiger charge is -2.52. The van der Waals surface area contributed by atoms with Crippen molar-refractivity contribution >= 4 is 85.0 Å². The Hall–Kier alpha value is -5.10. The van der Waals surface area contributed by atoms with Crippen molar-refractivity contribution in [2.45, 2.75) is 50.3 Å². The Labute approximate surface area is 313 Å². The third kappa shape index (κ3) is 7.69. The smallest absolute Gasteiger partial charge is 0.362 e. The standard InChI is InChI=1S/C29H31ClN8O12S3/c1-28(2,26(45)46)50-36-18(14-10-51-27(31)34-14)22(42)35-20-25(44)38(53(47,48)49)29(20,3)11-33-21(41)16-8-32-23(52-16)12-6-7-37(9-12)24(43)13-4-5-15(39)19(40)17(13)30/h4-5,8,10,12,20,39-40H,6-7,9,11H2,1-3H3,(H2,31,34)(H,33,41)(H,35,42)(H,45,46)(H,47,48,49)/b36-18-/t12-,20-,29-/m1/s1. The second kappa shape index (κ2) is 14.4. The maximum absolute atomic E-state index is 13.4. The molecule has 2 saturated heterocycles. The van der Waals surface area contributed by atoms with E-state index in [0.717, 1.165) is 42.6 Å². The molecule has 0 radical (unpaired) electrons. The number of carboxylic acid groups (broad SMARTS) is 1. The molecule has 2 fully saturated rings. The number of nitrogens with zero attached hydrogens (tertiary/aromatic N) is 5. The van der Waals surface area contributed by atoms with Crippen LogP contribution in [0.15, 0.2) is 28.9 Å². The van der Waals surface area contributed by atoms with Gasteiger partial charge in [0.1, 0.15) is 22.2 Å². The van der Waals surface area contributed by atoms with Crippen molar-refractivity contribution < 1.29 is 57.1 Å². The fourth-order valence-electron chi connectivity index (χ4n) is 5.42. The number of carbonyl (C=O) groups is 5. The lowest BCUT2D eigenvalue weighted by atomic mass is 9.82. The van der Waals surface area contributed by atoms with Gasteiger partial charge in [-0.1, -0.05) is 16.8 Å². The molecule has 3 atom stereocenters. The van der Waals surface area contributed by atoms with Gasteiger partial charge in [-0.25, -0.2) is 19.1 Å². The molecule has 0 aliphatic carbocycles. The van der Waals surface area contributed by atoms with Gasteiger partial charge in [0.15, 0.2) is 22.3 Å². The number of anilines is 1. The topological polar surface area (TPSA) is 304 Å². The number of nitrogens with one attached hydrogen (secondary N) is 2. The number of hydrogen-bond acceptors (Lipinski definition) is 16. The zero-order valence-corrected chi connectivity index (χ0v) is 31.0. The number of carboxylic acids is 1. The average molecular weight is 815 g/mol. The van der Waals surface area contributed by atoms with Crippen molar-refractivity contribution in [1.29, 1.82) is 0 Å².